The highest BCUT2D eigenvalue weighted by Crippen LogP contribution is 2.36. The Balaban J connectivity index is 1.74. The third kappa shape index (κ3) is 2.99. The minimum atomic E-state index is -0.996. The Kier molecular flexibility index (Phi) is 4.52. The summed E-state index contributed by atoms with van der Waals surface area (Å²) < 4.78 is 5.42. The Morgan fingerprint density at radius 1 is 1.04 bits per heavy atom. The standard InChI is InChI=1S/C17H20N4O4/c1-4-25-11-7-5-10(6-8-11)12-9-13(19-18-12)14-15(22)20(2)17(24)21(3)16(14)23/h5-8,12-14H,4,9H2,1-3H3. The number of ether oxygens (including phenoxy) is 1. The lowest BCUT2D eigenvalue weighted by molar-refractivity contribution is -0.148. The number of azo groups is 1. The number of hydrogen-bond donors (Lipinski definition) is 0. The highest BCUT2D eigenvalue weighted by molar-refractivity contribution is 6.16. The second kappa shape index (κ2) is 6.62. The molecule has 132 valence electrons. The van der Waals surface area contributed by atoms with Gasteiger partial charge >= 0.3 is 6.03 Å². The van der Waals surface area contributed by atoms with Crippen molar-refractivity contribution in [3.8, 4) is 5.75 Å². The van der Waals surface area contributed by atoms with Crippen LogP contribution in [0.15, 0.2) is 34.5 Å². The third-order valence-electron chi connectivity index (χ3n) is 4.55. The van der Waals surface area contributed by atoms with Crippen molar-refractivity contribution in [3.05, 3.63) is 29.8 Å². The summed E-state index contributed by atoms with van der Waals surface area (Å²) in [5.74, 6) is -1.27. The molecule has 2 unspecified atom stereocenters. The maximum atomic E-state index is 12.4. The number of benzene rings is 1. The van der Waals surface area contributed by atoms with Gasteiger partial charge in [0.15, 0.2) is 0 Å². The molecule has 1 aromatic rings. The van der Waals surface area contributed by atoms with Crippen molar-refractivity contribution in [1.29, 1.82) is 0 Å². The number of rotatable bonds is 4. The SMILES string of the molecule is CCOc1ccc(C2CC(C3C(=O)N(C)C(=O)N(C)C3=O)N=N2)cc1. The van der Waals surface area contributed by atoms with Gasteiger partial charge in [0, 0.05) is 20.5 Å². The maximum Gasteiger partial charge on any atom is 0.332 e. The van der Waals surface area contributed by atoms with Gasteiger partial charge in [-0.2, -0.15) is 10.2 Å². The van der Waals surface area contributed by atoms with Crippen LogP contribution >= 0.6 is 0 Å². The van der Waals surface area contributed by atoms with E-state index in [-0.39, 0.29) is 6.04 Å². The first-order valence-electron chi connectivity index (χ1n) is 8.15. The van der Waals surface area contributed by atoms with Crippen molar-refractivity contribution in [1.82, 2.24) is 9.80 Å². The number of hydrogen-bond acceptors (Lipinski definition) is 6. The van der Waals surface area contributed by atoms with Gasteiger partial charge in [0.2, 0.25) is 11.8 Å². The van der Waals surface area contributed by atoms with Gasteiger partial charge in [0.1, 0.15) is 11.7 Å². The fraction of sp³-hybridized carbons (Fsp3) is 0.471. The zero-order chi connectivity index (χ0) is 18.1. The van der Waals surface area contributed by atoms with Crippen LogP contribution in [0, 0.1) is 5.92 Å². The molecule has 0 bridgehead atoms. The van der Waals surface area contributed by atoms with Gasteiger partial charge in [-0.1, -0.05) is 12.1 Å². The van der Waals surface area contributed by atoms with E-state index in [0.29, 0.717) is 13.0 Å². The van der Waals surface area contributed by atoms with E-state index in [9.17, 15) is 14.4 Å². The molecule has 0 aromatic heterocycles. The van der Waals surface area contributed by atoms with Crippen LogP contribution in [-0.2, 0) is 9.59 Å². The summed E-state index contributed by atoms with van der Waals surface area (Å²) >= 11 is 0. The first kappa shape index (κ1) is 17.1. The van der Waals surface area contributed by atoms with E-state index >= 15 is 0 Å². The highest BCUT2D eigenvalue weighted by atomic mass is 16.5. The van der Waals surface area contributed by atoms with Crippen LogP contribution < -0.4 is 4.74 Å². The minimum Gasteiger partial charge on any atom is -0.494 e. The van der Waals surface area contributed by atoms with Crippen LogP contribution in [0.5, 0.6) is 5.75 Å². The summed E-state index contributed by atoms with van der Waals surface area (Å²) in [5.41, 5.74) is 0.947. The van der Waals surface area contributed by atoms with Gasteiger partial charge in [-0.05, 0) is 24.6 Å². The maximum absolute atomic E-state index is 12.4. The Morgan fingerprint density at radius 2 is 1.64 bits per heavy atom. The predicted octanol–water partition coefficient (Wildman–Crippen LogP) is 2.02. The van der Waals surface area contributed by atoms with E-state index in [1.165, 1.54) is 14.1 Å². The Morgan fingerprint density at radius 3 is 2.20 bits per heavy atom. The van der Waals surface area contributed by atoms with E-state index < -0.39 is 29.8 Å². The summed E-state index contributed by atoms with van der Waals surface area (Å²) in [5, 5.41) is 8.39. The average Bonchev–Trinajstić information content (AvgIpc) is 3.09. The highest BCUT2D eigenvalue weighted by Gasteiger charge is 2.48. The van der Waals surface area contributed by atoms with E-state index in [0.717, 1.165) is 21.1 Å². The number of barbiturate groups is 1. The normalized spacial score (nSPS) is 24.4. The molecule has 1 aromatic carbocycles. The lowest BCUT2D eigenvalue weighted by Crippen LogP contribution is -2.59. The molecule has 0 spiro atoms. The third-order valence-corrected chi connectivity index (χ3v) is 4.55. The molecule has 2 aliphatic rings. The Bertz CT molecular complexity index is 707. The van der Waals surface area contributed by atoms with E-state index in [1.54, 1.807) is 0 Å². The second-order valence-corrected chi connectivity index (χ2v) is 6.11. The molecule has 2 atom stereocenters. The van der Waals surface area contributed by atoms with Crippen molar-refractivity contribution >= 4 is 17.8 Å². The van der Waals surface area contributed by atoms with Crippen LogP contribution in [0.2, 0.25) is 0 Å². The van der Waals surface area contributed by atoms with Gasteiger partial charge in [0.05, 0.1) is 18.7 Å². The first-order chi connectivity index (χ1) is 11.9. The largest absolute Gasteiger partial charge is 0.494 e. The molecule has 2 heterocycles. The number of imide groups is 2. The summed E-state index contributed by atoms with van der Waals surface area (Å²) in [6.45, 7) is 2.51. The van der Waals surface area contributed by atoms with Crippen molar-refractivity contribution in [2.45, 2.75) is 25.4 Å². The molecule has 2 aliphatic heterocycles. The number of carbonyl (C=O) groups excluding carboxylic acids is 3. The predicted molar refractivity (Wildman–Crippen MR) is 88.0 cm³/mol. The van der Waals surface area contributed by atoms with Crippen molar-refractivity contribution in [3.63, 3.8) is 0 Å². The van der Waals surface area contributed by atoms with Crippen LogP contribution in [0.3, 0.4) is 0 Å². The number of carbonyl (C=O) groups is 3. The molecule has 0 saturated carbocycles. The Hall–Kier alpha value is -2.77. The van der Waals surface area contributed by atoms with Crippen LogP contribution in [-0.4, -0.2) is 54.4 Å². The molecule has 8 heteroatoms. The molecule has 4 amide bonds. The van der Waals surface area contributed by atoms with Gasteiger partial charge in [-0.3, -0.25) is 19.4 Å². The summed E-state index contributed by atoms with van der Waals surface area (Å²) in [4.78, 5) is 38.5. The minimum absolute atomic E-state index is 0.213. The van der Waals surface area contributed by atoms with Crippen molar-refractivity contribution < 1.29 is 19.1 Å². The molecule has 3 rings (SSSR count). The monoisotopic (exact) mass is 344 g/mol. The molecule has 8 nitrogen and oxygen atoms in total. The number of nitrogens with zero attached hydrogens (tertiary/aromatic N) is 4. The van der Waals surface area contributed by atoms with Gasteiger partial charge in [-0.25, -0.2) is 4.79 Å². The van der Waals surface area contributed by atoms with Crippen molar-refractivity contribution in [2.24, 2.45) is 16.1 Å². The average molecular weight is 344 g/mol. The number of urea groups is 1. The van der Waals surface area contributed by atoms with E-state index in [2.05, 4.69) is 10.2 Å². The second-order valence-electron chi connectivity index (χ2n) is 6.11. The molecular formula is C17H20N4O4. The molecular weight excluding hydrogens is 324 g/mol. The molecule has 25 heavy (non-hydrogen) atoms. The van der Waals surface area contributed by atoms with Gasteiger partial charge < -0.3 is 4.74 Å². The zero-order valence-corrected chi connectivity index (χ0v) is 14.4. The quantitative estimate of drug-likeness (QED) is 0.781. The number of amides is 4. The first-order valence-corrected chi connectivity index (χ1v) is 8.15. The zero-order valence-electron chi connectivity index (χ0n) is 14.4. The lowest BCUT2D eigenvalue weighted by Gasteiger charge is -2.34. The molecule has 0 N–H and O–H groups in total. The Labute approximate surface area is 145 Å². The molecule has 1 fully saturated rings. The van der Waals surface area contributed by atoms with E-state index in [4.69, 9.17) is 4.74 Å². The van der Waals surface area contributed by atoms with Crippen LogP contribution in [0.1, 0.15) is 24.9 Å². The smallest absolute Gasteiger partial charge is 0.332 e. The summed E-state index contributed by atoms with van der Waals surface area (Å²) in [7, 11) is 2.74. The summed E-state index contributed by atoms with van der Waals surface area (Å²) in [6, 6.07) is 6.14. The van der Waals surface area contributed by atoms with Gasteiger partial charge in [0.25, 0.3) is 0 Å². The van der Waals surface area contributed by atoms with Crippen LogP contribution in [0.4, 0.5) is 4.79 Å². The summed E-state index contributed by atoms with van der Waals surface area (Å²) in [6.07, 6.45) is 0.450. The molecule has 0 radical (unpaired) electrons. The lowest BCUT2D eigenvalue weighted by atomic mass is 9.90. The fourth-order valence-electron chi connectivity index (χ4n) is 3.11. The van der Waals surface area contributed by atoms with Crippen molar-refractivity contribution in [2.75, 3.05) is 20.7 Å². The van der Waals surface area contributed by atoms with Gasteiger partial charge in [-0.15, -0.1) is 0 Å². The van der Waals surface area contributed by atoms with Crippen LogP contribution in [0.25, 0.3) is 0 Å². The molecule has 1 saturated heterocycles. The van der Waals surface area contributed by atoms with E-state index in [1.807, 2.05) is 31.2 Å². The fourth-order valence-corrected chi connectivity index (χ4v) is 3.11. The topological polar surface area (TPSA) is 91.6 Å². The molecule has 0 aliphatic carbocycles.